The van der Waals surface area contributed by atoms with Crippen molar-refractivity contribution >= 4 is 23.2 Å². The number of hydrogen-bond donors (Lipinski definition) is 2. The molecule has 1 heterocycles. The van der Waals surface area contributed by atoms with E-state index in [1.54, 1.807) is 12.1 Å². The maximum Gasteiger partial charge on any atom is 0.225 e. The largest absolute Gasteiger partial charge is 0.397 e. The molecule has 5 nitrogen and oxygen atoms in total. The minimum absolute atomic E-state index is 0.0644. The van der Waals surface area contributed by atoms with Crippen LogP contribution < -0.4 is 11.1 Å². The molecule has 114 valence electrons. The topological polar surface area (TPSA) is 75.4 Å². The van der Waals surface area contributed by atoms with Gasteiger partial charge >= 0.3 is 0 Å². The Morgan fingerprint density at radius 3 is 2.95 bits per heavy atom. The van der Waals surface area contributed by atoms with Crippen molar-refractivity contribution in [1.82, 2.24) is 4.90 Å². The zero-order valence-corrected chi connectivity index (χ0v) is 12.5. The van der Waals surface area contributed by atoms with Gasteiger partial charge < -0.3 is 16.0 Å². The van der Waals surface area contributed by atoms with Gasteiger partial charge in [-0.1, -0.05) is 19.1 Å². The molecule has 1 aromatic carbocycles. The number of nitrogen functional groups attached to an aromatic ring is 1. The molecule has 0 radical (unpaired) electrons. The van der Waals surface area contributed by atoms with Crippen LogP contribution in [0.1, 0.15) is 32.6 Å². The van der Waals surface area contributed by atoms with E-state index in [0.29, 0.717) is 30.8 Å². The van der Waals surface area contributed by atoms with Crippen LogP contribution in [0.4, 0.5) is 11.4 Å². The number of benzene rings is 1. The van der Waals surface area contributed by atoms with Crippen LogP contribution in [0.5, 0.6) is 0 Å². The number of piperidine rings is 1. The van der Waals surface area contributed by atoms with Crippen molar-refractivity contribution in [1.29, 1.82) is 0 Å². The molecule has 0 aromatic heterocycles. The number of carbonyl (C=O) groups excluding carboxylic acids is 2. The van der Waals surface area contributed by atoms with Crippen molar-refractivity contribution in [2.45, 2.75) is 32.6 Å². The molecule has 5 heteroatoms. The lowest BCUT2D eigenvalue weighted by molar-refractivity contribution is -0.138. The first-order chi connectivity index (χ1) is 10.1. The van der Waals surface area contributed by atoms with Crippen LogP contribution in [0.3, 0.4) is 0 Å². The SMILES string of the molecule is CC1CCCN(CCCC(=O)Nc2ccccc2N)C1=O. The first-order valence-corrected chi connectivity index (χ1v) is 7.51. The van der Waals surface area contributed by atoms with Gasteiger partial charge in [0.1, 0.15) is 0 Å². The summed E-state index contributed by atoms with van der Waals surface area (Å²) in [5.74, 6) is 0.274. The molecule has 21 heavy (non-hydrogen) atoms. The van der Waals surface area contributed by atoms with E-state index in [-0.39, 0.29) is 17.7 Å². The van der Waals surface area contributed by atoms with Crippen molar-refractivity contribution < 1.29 is 9.59 Å². The normalized spacial score (nSPS) is 18.6. The van der Waals surface area contributed by atoms with Gasteiger partial charge in [-0.05, 0) is 31.4 Å². The van der Waals surface area contributed by atoms with E-state index in [2.05, 4.69) is 5.32 Å². The van der Waals surface area contributed by atoms with Gasteiger partial charge in [0, 0.05) is 25.4 Å². The third-order valence-corrected chi connectivity index (χ3v) is 3.87. The monoisotopic (exact) mass is 289 g/mol. The van der Waals surface area contributed by atoms with Crippen LogP contribution >= 0.6 is 0 Å². The van der Waals surface area contributed by atoms with Crippen molar-refractivity contribution in [2.24, 2.45) is 5.92 Å². The molecule has 0 bridgehead atoms. The summed E-state index contributed by atoms with van der Waals surface area (Å²) in [6.07, 6.45) is 3.10. The highest BCUT2D eigenvalue weighted by Gasteiger charge is 2.24. The predicted octanol–water partition coefficient (Wildman–Crippen LogP) is 2.25. The number of carbonyl (C=O) groups is 2. The van der Waals surface area contributed by atoms with Gasteiger partial charge in [-0.15, -0.1) is 0 Å². The van der Waals surface area contributed by atoms with E-state index in [4.69, 9.17) is 5.73 Å². The first-order valence-electron chi connectivity index (χ1n) is 7.51. The number of hydrogen-bond acceptors (Lipinski definition) is 3. The summed E-state index contributed by atoms with van der Waals surface area (Å²) in [6.45, 7) is 3.44. The molecular formula is C16H23N3O2. The zero-order chi connectivity index (χ0) is 15.2. The molecular weight excluding hydrogens is 266 g/mol. The van der Waals surface area contributed by atoms with Crippen LogP contribution in [0.25, 0.3) is 0 Å². The summed E-state index contributed by atoms with van der Waals surface area (Å²) in [5, 5.41) is 2.80. The Bertz CT molecular complexity index is 516. The number of likely N-dealkylation sites (tertiary alicyclic amines) is 1. The molecule has 2 amide bonds. The number of para-hydroxylation sites is 2. The Balaban J connectivity index is 1.74. The fourth-order valence-electron chi connectivity index (χ4n) is 2.61. The summed E-state index contributed by atoms with van der Waals surface area (Å²) >= 11 is 0. The Morgan fingerprint density at radius 1 is 1.43 bits per heavy atom. The van der Waals surface area contributed by atoms with Crippen molar-refractivity contribution in [2.75, 3.05) is 24.1 Å². The second-order valence-electron chi connectivity index (χ2n) is 5.61. The highest BCUT2D eigenvalue weighted by Crippen LogP contribution is 2.19. The van der Waals surface area contributed by atoms with Crippen molar-refractivity contribution in [3.8, 4) is 0 Å². The molecule has 1 saturated heterocycles. The highest BCUT2D eigenvalue weighted by atomic mass is 16.2. The van der Waals surface area contributed by atoms with Gasteiger partial charge in [0.05, 0.1) is 11.4 Å². The number of rotatable bonds is 5. The lowest BCUT2D eigenvalue weighted by Gasteiger charge is -2.30. The first kappa shape index (κ1) is 15.4. The average molecular weight is 289 g/mol. The van der Waals surface area contributed by atoms with Crippen LogP contribution in [0.15, 0.2) is 24.3 Å². The fraction of sp³-hybridized carbons (Fsp3) is 0.500. The van der Waals surface area contributed by atoms with Crippen molar-refractivity contribution in [3.05, 3.63) is 24.3 Å². The molecule has 1 atom stereocenters. The molecule has 1 aliphatic heterocycles. The van der Waals surface area contributed by atoms with E-state index in [1.165, 1.54) is 0 Å². The molecule has 1 aliphatic rings. The van der Waals surface area contributed by atoms with Crippen molar-refractivity contribution in [3.63, 3.8) is 0 Å². The highest BCUT2D eigenvalue weighted by molar-refractivity contribution is 5.93. The van der Waals surface area contributed by atoms with Crippen LogP contribution in [-0.4, -0.2) is 29.8 Å². The molecule has 1 aromatic rings. The Kier molecular flexibility index (Phi) is 5.20. The van der Waals surface area contributed by atoms with E-state index in [0.717, 1.165) is 19.4 Å². The van der Waals surface area contributed by atoms with Crippen LogP contribution in [-0.2, 0) is 9.59 Å². The van der Waals surface area contributed by atoms with Crippen LogP contribution in [0, 0.1) is 5.92 Å². The summed E-state index contributed by atoms with van der Waals surface area (Å²) < 4.78 is 0. The minimum atomic E-state index is -0.0644. The van der Waals surface area contributed by atoms with Gasteiger partial charge in [0.25, 0.3) is 0 Å². The zero-order valence-electron chi connectivity index (χ0n) is 12.5. The molecule has 2 rings (SSSR count). The second-order valence-corrected chi connectivity index (χ2v) is 5.61. The number of nitrogens with two attached hydrogens (primary N) is 1. The summed E-state index contributed by atoms with van der Waals surface area (Å²) in [4.78, 5) is 25.7. The third kappa shape index (κ3) is 4.21. The quantitative estimate of drug-likeness (QED) is 0.816. The van der Waals surface area contributed by atoms with Gasteiger partial charge in [-0.3, -0.25) is 9.59 Å². The number of nitrogens with one attached hydrogen (secondary N) is 1. The maximum atomic E-state index is 11.9. The molecule has 0 spiro atoms. The minimum Gasteiger partial charge on any atom is -0.397 e. The van der Waals surface area contributed by atoms with Gasteiger partial charge in [-0.25, -0.2) is 0 Å². The Morgan fingerprint density at radius 2 is 2.19 bits per heavy atom. The second kappa shape index (κ2) is 7.11. The van der Waals surface area contributed by atoms with E-state index >= 15 is 0 Å². The summed E-state index contributed by atoms with van der Waals surface area (Å²) in [5.41, 5.74) is 6.98. The number of amides is 2. The molecule has 1 unspecified atom stereocenters. The number of anilines is 2. The van der Waals surface area contributed by atoms with E-state index in [1.807, 2.05) is 24.0 Å². The summed E-state index contributed by atoms with van der Waals surface area (Å²) in [6, 6.07) is 7.19. The maximum absolute atomic E-state index is 11.9. The molecule has 1 fully saturated rings. The Hall–Kier alpha value is -2.04. The number of nitrogens with zero attached hydrogens (tertiary/aromatic N) is 1. The van der Waals surface area contributed by atoms with E-state index < -0.39 is 0 Å². The van der Waals surface area contributed by atoms with Gasteiger partial charge in [0.15, 0.2) is 0 Å². The standard InChI is InChI=1S/C16H23N3O2/c1-12-6-4-10-19(16(12)21)11-5-9-15(20)18-14-8-3-2-7-13(14)17/h2-3,7-8,12H,4-6,9-11,17H2,1H3,(H,18,20). The van der Waals surface area contributed by atoms with E-state index in [9.17, 15) is 9.59 Å². The van der Waals surface area contributed by atoms with Gasteiger partial charge in [0.2, 0.25) is 11.8 Å². The van der Waals surface area contributed by atoms with Gasteiger partial charge in [-0.2, -0.15) is 0 Å². The molecule has 0 saturated carbocycles. The van der Waals surface area contributed by atoms with Crippen LogP contribution in [0.2, 0.25) is 0 Å². The smallest absolute Gasteiger partial charge is 0.225 e. The summed E-state index contributed by atoms with van der Waals surface area (Å²) in [7, 11) is 0. The molecule has 3 N–H and O–H groups in total. The third-order valence-electron chi connectivity index (χ3n) is 3.87. The lowest BCUT2D eigenvalue weighted by atomic mass is 9.99. The fourth-order valence-corrected chi connectivity index (χ4v) is 2.61. The average Bonchev–Trinajstić information content (AvgIpc) is 2.46. The molecule has 0 aliphatic carbocycles. The Labute approximate surface area is 125 Å². The predicted molar refractivity (Wildman–Crippen MR) is 83.7 cm³/mol. The lowest BCUT2D eigenvalue weighted by Crippen LogP contribution is -2.40.